The highest BCUT2D eigenvalue weighted by Gasteiger charge is 2.36. The lowest BCUT2D eigenvalue weighted by Gasteiger charge is -2.33. The van der Waals surface area contributed by atoms with Crippen LogP contribution in [0.25, 0.3) is 10.9 Å². The molecule has 25 heavy (non-hydrogen) atoms. The molecule has 0 bridgehead atoms. The number of hydrogen-bond acceptors (Lipinski definition) is 3. The van der Waals surface area contributed by atoms with Crippen LogP contribution in [0.15, 0.2) is 29.1 Å². The maximum atomic E-state index is 13.3. The Morgan fingerprint density at radius 1 is 1.32 bits per heavy atom. The number of fused-ring (bicyclic) bond motifs is 1. The summed E-state index contributed by atoms with van der Waals surface area (Å²) < 4.78 is 40.0. The van der Waals surface area contributed by atoms with Crippen molar-refractivity contribution in [2.24, 2.45) is 0 Å². The van der Waals surface area contributed by atoms with Gasteiger partial charge in [-0.2, -0.15) is 13.2 Å². The molecule has 1 aliphatic rings. The van der Waals surface area contributed by atoms with E-state index in [0.29, 0.717) is 18.2 Å². The molecule has 0 saturated carbocycles. The molecule has 3 rings (SSSR count). The molecule has 2 unspecified atom stereocenters. The van der Waals surface area contributed by atoms with Gasteiger partial charge >= 0.3 is 6.18 Å². The molecule has 3 atom stereocenters. The van der Waals surface area contributed by atoms with Crippen molar-refractivity contribution in [1.82, 2.24) is 4.98 Å². The van der Waals surface area contributed by atoms with Crippen LogP contribution in [0.5, 0.6) is 0 Å². The number of alkyl halides is 3. The van der Waals surface area contributed by atoms with E-state index in [9.17, 15) is 23.1 Å². The van der Waals surface area contributed by atoms with Crippen LogP contribution in [-0.2, 0) is 6.18 Å². The largest absolute Gasteiger partial charge is 0.417 e. The molecule has 2 aromatic rings. The average Bonchev–Trinajstić information content (AvgIpc) is 2.93. The molecule has 7 heteroatoms. The monoisotopic (exact) mass is 354 g/mol. The number of H-pyrrole nitrogens is 1. The number of nitrogens with one attached hydrogen (secondary N) is 1. The Kier molecular flexibility index (Phi) is 4.53. The van der Waals surface area contributed by atoms with Gasteiger partial charge in [0.05, 0.1) is 17.7 Å². The summed E-state index contributed by atoms with van der Waals surface area (Å²) in [5, 5.41) is 10.2. The van der Waals surface area contributed by atoms with Gasteiger partial charge in [-0.3, -0.25) is 4.79 Å². The molecule has 4 nitrogen and oxygen atoms in total. The summed E-state index contributed by atoms with van der Waals surface area (Å²) in [6.45, 7) is 3.89. The summed E-state index contributed by atoms with van der Waals surface area (Å²) >= 11 is 0. The molecular weight excluding hydrogens is 333 g/mol. The zero-order valence-corrected chi connectivity index (χ0v) is 14.1. The maximum Gasteiger partial charge on any atom is 0.417 e. The quantitative estimate of drug-likeness (QED) is 0.884. The zero-order chi connectivity index (χ0) is 18.4. The third kappa shape index (κ3) is 3.25. The van der Waals surface area contributed by atoms with Gasteiger partial charge in [0.15, 0.2) is 0 Å². The van der Waals surface area contributed by atoms with Crippen molar-refractivity contribution in [2.45, 2.75) is 57.5 Å². The van der Waals surface area contributed by atoms with Crippen molar-refractivity contribution >= 4 is 16.6 Å². The lowest BCUT2D eigenvalue weighted by atomic mass is 10.0. The Balaban J connectivity index is 2.15. The van der Waals surface area contributed by atoms with E-state index in [1.54, 1.807) is 6.07 Å². The lowest BCUT2D eigenvalue weighted by Crippen LogP contribution is -2.42. The minimum atomic E-state index is -4.61. The summed E-state index contributed by atoms with van der Waals surface area (Å²) in [7, 11) is 0. The van der Waals surface area contributed by atoms with Crippen molar-refractivity contribution in [3.63, 3.8) is 0 Å². The molecule has 0 aliphatic carbocycles. The highest BCUT2D eigenvalue weighted by Crippen LogP contribution is 2.38. The van der Waals surface area contributed by atoms with Gasteiger partial charge in [0.1, 0.15) is 0 Å². The van der Waals surface area contributed by atoms with E-state index in [1.165, 1.54) is 12.1 Å². The molecule has 0 amide bonds. The fourth-order valence-corrected chi connectivity index (χ4v) is 3.75. The van der Waals surface area contributed by atoms with E-state index in [2.05, 4.69) is 4.98 Å². The number of nitrogens with zero attached hydrogens (tertiary/aromatic N) is 1. The van der Waals surface area contributed by atoms with Crippen molar-refractivity contribution in [2.75, 3.05) is 4.90 Å². The highest BCUT2D eigenvalue weighted by atomic mass is 19.4. The van der Waals surface area contributed by atoms with Gasteiger partial charge in [-0.1, -0.05) is 6.92 Å². The molecule has 2 heterocycles. The van der Waals surface area contributed by atoms with Crippen LogP contribution in [-0.4, -0.2) is 28.3 Å². The number of hydrogen-bond donors (Lipinski definition) is 2. The van der Waals surface area contributed by atoms with Crippen LogP contribution < -0.4 is 10.5 Å². The van der Waals surface area contributed by atoms with Gasteiger partial charge in [-0.25, -0.2) is 0 Å². The van der Waals surface area contributed by atoms with Gasteiger partial charge in [-0.15, -0.1) is 0 Å². The van der Waals surface area contributed by atoms with E-state index in [4.69, 9.17) is 0 Å². The second-order valence-electron chi connectivity index (χ2n) is 6.65. The molecule has 1 aromatic carbocycles. The van der Waals surface area contributed by atoms with Crippen molar-refractivity contribution in [3.05, 3.63) is 40.2 Å². The van der Waals surface area contributed by atoms with E-state index < -0.39 is 23.4 Å². The first kappa shape index (κ1) is 17.8. The molecular formula is C18H21F3N2O2. The minimum Gasteiger partial charge on any atom is -0.391 e. The molecule has 1 saturated heterocycles. The van der Waals surface area contributed by atoms with Gasteiger partial charge in [-0.05, 0) is 44.4 Å². The molecule has 1 aliphatic heterocycles. The number of aliphatic hydroxyl groups is 1. The fraction of sp³-hybridized carbons (Fsp3) is 0.500. The predicted octanol–water partition coefficient (Wildman–Crippen LogP) is 3.68. The summed E-state index contributed by atoms with van der Waals surface area (Å²) in [6, 6.07) is 5.27. The Bertz CT molecular complexity index is 831. The lowest BCUT2D eigenvalue weighted by molar-refractivity contribution is -0.136. The van der Waals surface area contributed by atoms with E-state index >= 15 is 0 Å². The number of aliphatic hydroxyl groups excluding tert-OH is 1. The molecule has 136 valence electrons. The Morgan fingerprint density at radius 3 is 2.68 bits per heavy atom. The molecule has 0 radical (unpaired) electrons. The van der Waals surface area contributed by atoms with E-state index in [-0.39, 0.29) is 23.0 Å². The maximum absolute atomic E-state index is 13.3. The van der Waals surface area contributed by atoms with E-state index in [0.717, 1.165) is 12.8 Å². The Morgan fingerprint density at radius 2 is 2.04 bits per heavy atom. The molecule has 0 spiro atoms. The number of benzene rings is 1. The first-order valence-electron chi connectivity index (χ1n) is 8.43. The number of aromatic amines is 1. The number of halogens is 3. The summed E-state index contributed by atoms with van der Waals surface area (Å²) in [4.78, 5) is 16.0. The van der Waals surface area contributed by atoms with Crippen LogP contribution in [0.1, 0.15) is 38.7 Å². The standard InChI is InChI=1S/C18H21F3N2O2/c1-3-16(24)15-7-4-10(2)23(15)11-5-6-14-12(8-11)13(18(19,20)21)9-17(25)22-14/h5-6,8-10,15-16,24H,3-4,7H2,1-2H3,(H,22,25)/t10?,15?,16-/m1/s1. The second kappa shape index (κ2) is 6.37. The second-order valence-corrected chi connectivity index (χ2v) is 6.65. The Labute approximate surface area is 143 Å². The van der Waals surface area contributed by atoms with Gasteiger partial charge < -0.3 is 15.0 Å². The number of aromatic nitrogens is 1. The van der Waals surface area contributed by atoms with Crippen LogP contribution in [0, 0.1) is 0 Å². The van der Waals surface area contributed by atoms with Crippen LogP contribution >= 0.6 is 0 Å². The van der Waals surface area contributed by atoms with Crippen LogP contribution in [0.2, 0.25) is 0 Å². The van der Waals surface area contributed by atoms with E-state index in [1.807, 2.05) is 18.7 Å². The molecule has 1 fully saturated rings. The van der Waals surface area contributed by atoms with Crippen LogP contribution in [0.3, 0.4) is 0 Å². The van der Waals surface area contributed by atoms with Crippen LogP contribution in [0.4, 0.5) is 18.9 Å². The molecule has 2 N–H and O–H groups in total. The summed E-state index contributed by atoms with van der Waals surface area (Å²) in [6.07, 6.45) is -2.88. The first-order valence-corrected chi connectivity index (χ1v) is 8.43. The normalized spacial score (nSPS) is 22.6. The smallest absolute Gasteiger partial charge is 0.391 e. The van der Waals surface area contributed by atoms with Gasteiger partial charge in [0.25, 0.3) is 0 Å². The minimum absolute atomic E-state index is 0.0339. The third-order valence-electron chi connectivity index (χ3n) is 5.00. The zero-order valence-electron chi connectivity index (χ0n) is 14.1. The third-order valence-corrected chi connectivity index (χ3v) is 5.00. The van der Waals surface area contributed by atoms with Gasteiger partial charge in [0.2, 0.25) is 5.56 Å². The van der Waals surface area contributed by atoms with Crippen molar-refractivity contribution in [3.8, 4) is 0 Å². The SMILES string of the molecule is CC[C@@H](O)C1CCC(C)N1c1ccc2[nH]c(=O)cc(C(F)(F)F)c2c1. The molecule has 1 aromatic heterocycles. The predicted molar refractivity (Wildman–Crippen MR) is 90.8 cm³/mol. The fourth-order valence-electron chi connectivity index (χ4n) is 3.75. The first-order chi connectivity index (χ1) is 11.7. The van der Waals surface area contributed by atoms with Crippen molar-refractivity contribution < 1.29 is 18.3 Å². The number of rotatable bonds is 3. The topological polar surface area (TPSA) is 56.3 Å². The number of pyridine rings is 1. The summed E-state index contributed by atoms with van der Waals surface area (Å²) in [5.41, 5.74) is -0.926. The van der Waals surface area contributed by atoms with Gasteiger partial charge in [0, 0.05) is 28.7 Å². The average molecular weight is 354 g/mol. The highest BCUT2D eigenvalue weighted by molar-refractivity contribution is 5.86. The number of anilines is 1. The summed E-state index contributed by atoms with van der Waals surface area (Å²) in [5.74, 6) is 0. The Hall–Kier alpha value is -2.02. The van der Waals surface area contributed by atoms with Crippen molar-refractivity contribution in [1.29, 1.82) is 0 Å².